The van der Waals surface area contributed by atoms with Gasteiger partial charge in [0.25, 0.3) is 5.91 Å². The minimum absolute atomic E-state index is 0.0211. The molecule has 0 aliphatic carbocycles. The summed E-state index contributed by atoms with van der Waals surface area (Å²) in [5.41, 5.74) is 0.560. The molecule has 0 aromatic heterocycles. The van der Waals surface area contributed by atoms with Gasteiger partial charge < -0.3 is 9.64 Å². The minimum atomic E-state index is -0.444. The number of carbonyl (C=O) groups is 2. The second-order valence-electron chi connectivity index (χ2n) is 3.54. The molecule has 1 aromatic carbocycles. The van der Waals surface area contributed by atoms with Crippen molar-refractivity contribution >= 4 is 11.9 Å². The second kappa shape index (κ2) is 4.18. The SMILES string of the molecule is C=C1CN(C(=O)c2ccccc2)CC(=O)O1. The van der Waals surface area contributed by atoms with Gasteiger partial charge in [-0.1, -0.05) is 24.8 Å². The molecule has 0 bridgehead atoms. The molecule has 0 atom stereocenters. The Morgan fingerprint density at radius 3 is 2.56 bits per heavy atom. The molecule has 0 N–H and O–H groups in total. The highest BCUT2D eigenvalue weighted by atomic mass is 16.5. The van der Waals surface area contributed by atoms with Crippen molar-refractivity contribution in [3.05, 3.63) is 48.2 Å². The summed E-state index contributed by atoms with van der Waals surface area (Å²) in [6.07, 6.45) is 0. The van der Waals surface area contributed by atoms with Gasteiger partial charge in [-0.15, -0.1) is 0 Å². The average molecular weight is 217 g/mol. The fraction of sp³-hybridized carbons (Fsp3) is 0.167. The summed E-state index contributed by atoms with van der Waals surface area (Å²) in [4.78, 5) is 24.5. The molecule has 82 valence electrons. The van der Waals surface area contributed by atoms with Crippen molar-refractivity contribution in [1.29, 1.82) is 0 Å². The first-order valence-corrected chi connectivity index (χ1v) is 4.89. The Morgan fingerprint density at radius 1 is 1.25 bits per heavy atom. The van der Waals surface area contributed by atoms with E-state index in [0.29, 0.717) is 11.3 Å². The number of esters is 1. The molecule has 0 radical (unpaired) electrons. The number of ether oxygens (including phenoxy) is 1. The molecule has 1 fully saturated rings. The van der Waals surface area contributed by atoms with Crippen molar-refractivity contribution in [3.8, 4) is 0 Å². The van der Waals surface area contributed by atoms with E-state index in [1.54, 1.807) is 24.3 Å². The van der Waals surface area contributed by atoms with Crippen LogP contribution in [-0.4, -0.2) is 29.9 Å². The Morgan fingerprint density at radius 2 is 1.94 bits per heavy atom. The zero-order chi connectivity index (χ0) is 11.5. The van der Waals surface area contributed by atoms with E-state index in [1.807, 2.05) is 6.07 Å². The number of amides is 1. The molecule has 1 heterocycles. The zero-order valence-electron chi connectivity index (χ0n) is 8.68. The molecular weight excluding hydrogens is 206 g/mol. The van der Waals surface area contributed by atoms with Crippen molar-refractivity contribution in [1.82, 2.24) is 4.90 Å². The Bertz CT molecular complexity index is 423. The quantitative estimate of drug-likeness (QED) is 0.664. The van der Waals surface area contributed by atoms with Crippen molar-refractivity contribution < 1.29 is 14.3 Å². The van der Waals surface area contributed by atoms with Gasteiger partial charge in [-0.05, 0) is 12.1 Å². The van der Waals surface area contributed by atoms with Crippen LogP contribution in [0.4, 0.5) is 0 Å². The van der Waals surface area contributed by atoms with Crippen LogP contribution in [0.15, 0.2) is 42.7 Å². The fourth-order valence-electron chi connectivity index (χ4n) is 1.56. The van der Waals surface area contributed by atoms with Gasteiger partial charge >= 0.3 is 5.97 Å². The van der Waals surface area contributed by atoms with Gasteiger partial charge in [0, 0.05) is 5.56 Å². The second-order valence-corrected chi connectivity index (χ2v) is 3.54. The van der Waals surface area contributed by atoms with Crippen LogP contribution in [0.5, 0.6) is 0 Å². The summed E-state index contributed by atoms with van der Waals surface area (Å²) in [7, 11) is 0. The van der Waals surface area contributed by atoms with Crippen LogP contribution in [0, 0.1) is 0 Å². The summed E-state index contributed by atoms with van der Waals surface area (Å²) >= 11 is 0. The Kier molecular flexibility index (Phi) is 2.72. The third-order valence-electron chi connectivity index (χ3n) is 2.25. The number of rotatable bonds is 1. The Labute approximate surface area is 93.1 Å². The highest BCUT2D eigenvalue weighted by Gasteiger charge is 2.25. The normalized spacial score (nSPS) is 15.9. The highest BCUT2D eigenvalue weighted by molar-refractivity contribution is 5.96. The van der Waals surface area contributed by atoms with Crippen molar-refractivity contribution in [2.45, 2.75) is 0 Å². The lowest BCUT2D eigenvalue weighted by atomic mass is 10.2. The molecule has 4 heteroatoms. The van der Waals surface area contributed by atoms with Gasteiger partial charge in [0.15, 0.2) is 0 Å². The number of nitrogens with zero attached hydrogens (tertiary/aromatic N) is 1. The van der Waals surface area contributed by atoms with Gasteiger partial charge in [-0.3, -0.25) is 4.79 Å². The van der Waals surface area contributed by atoms with Gasteiger partial charge in [-0.25, -0.2) is 4.79 Å². The van der Waals surface area contributed by atoms with E-state index in [9.17, 15) is 9.59 Å². The fourth-order valence-corrected chi connectivity index (χ4v) is 1.56. The van der Waals surface area contributed by atoms with E-state index in [1.165, 1.54) is 4.90 Å². The lowest BCUT2D eigenvalue weighted by molar-refractivity contribution is -0.143. The van der Waals surface area contributed by atoms with Crippen LogP contribution < -0.4 is 0 Å². The summed E-state index contributed by atoms with van der Waals surface area (Å²) < 4.78 is 4.78. The van der Waals surface area contributed by atoms with E-state index >= 15 is 0 Å². The molecule has 1 aliphatic rings. The van der Waals surface area contributed by atoms with Gasteiger partial charge in [0.2, 0.25) is 0 Å². The lowest BCUT2D eigenvalue weighted by Crippen LogP contribution is -2.42. The van der Waals surface area contributed by atoms with E-state index in [4.69, 9.17) is 4.74 Å². The van der Waals surface area contributed by atoms with E-state index in [2.05, 4.69) is 6.58 Å². The maximum atomic E-state index is 12.0. The first-order chi connectivity index (χ1) is 7.66. The molecule has 2 rings (SSSR count). The third-order valence-corrected chi connectivity index (χ3v) is 2.25. The van der Waals surface area contributed by atoms with Crippen LogP contribution in [0.3, 0.4) is 0 Å². The highest BCUT2D eigenvalue weighted by Crippen LogP contribution is 2.12. The summed E-state index contributed by atoms with van der Waals surface area (Å²) in [6.45, 7) is 3.80. The van der Waals surface area contributed by atoms with E-state index < -0.39 is 5.97 Å². The average Bonchev–Trinajstić information content (AvgIpc) is 2.28. The van der Waals surface area contributed by atoms with E-state index in [-0.39, 0.29) is 19.0 Å². The predicted molar refractivity (Wildman–Crippen MR) is 57.6 cm³/mol. The molecule has 0 spiro atoms. The zero-order valence-corrected chi connectivity index (χ0v) is 8.68. The number of hydrogen-bond acceptors (Lipinski definition) is 3. The number of morpholine rings is 1. The Balaban J connectivity index is 2.16. The van der Waals surface area contributed by atoms with Crippen molar-refractivity contribution in [2.75, 3.05) is 13.1 Å². The largest absolute Gasteiger partial charge is 0.428 e. The molecule has 1 aliphatic heterocycles. The number of cyclic esters (lactones) is 1. The molecule has 0 saturated carbocycles. The number of hydrogen-bond donors (Lipinski definition) is 0. The minimum Gasteiger partial charge on any atom is -0.428 e. The molecule has 1 amide bonds. The van der Waals surface area contributed by atoms with Crippen molar-refractivity contribution in [2.24, 2.45) is 0 Å². The molecule has 4 nitrogen and oxygen atoms in total. The maximum absolute atomic E-state index is 12.0. The van der Waals surface area contributed by atoms with Gasteiger partial charge in [-0.2, -0.15) is 0 Å². The number of carbonyl (C=O) groups excluding carboxylic acids is 2. The monoisotopic (exact) mass is 217 g/mol. The molecule has 16 heavy (non-hydrogen) atoms. The molecule has 1 saturated heterocycles. The molecular formula is C12H11NO3. The van der Waals surface area contributed by atoms with E-state index in [0.717, 1.165) is 0 Å². The van der Waals surface area contributed by atoms with Crippen LogP contribution in [0.25, 0.3) is 0 Å². The standard InChI is InChI=1S/C12H11NO3/c1-9-7-13(8-11(14)16-9)12(15)10-5-3-2-4-6-10/h2-6H,1,7-8H2. The smallest absolute Gasteiger partial charge is 0.330 e. The lowest BCUT2D eigenvalue weighted by Gasteiger charge is -2.26. The summed E-state index contributed by atoms with van der Waals surface area (Å²) in [5.74, 6) is -0.320. The van der Waals surface area contributed by atoms with Crippen LogP contribution in [0.2, 0.25) is 0 Å². The summed E-state index contributed by atoms with van der Waals surface area (Å²) in [5, 5.41) is 0. The number of benzene rings is 1. The predicted octanol–water partition coefficient (Wildman–Crippen LogP) is 1.20. The molecule has 0 unspecified atom stereocenters. The first kappa shape index (κ1) is 10.4. The summed E-state index contributed by atoms with van der Waals surface area (Å²) in [6, 6.07) is 8.82. The van der Waals surface area contributed by atoms with Crippen LogP contribution >= 0.6 is 0 Å². The maximum Gasteiger partial charge on any atom is 0.330 e. The van der Waals surface area contributed by atoms with Crippen molar-refractivity contribution in [3.63, 3.8) is 0 Å². The first-order valence-electron chi connectivity index (χ1n) is 4.89. The van der Waals surface area contributed by atoms with Gasteiger partial charge in [0.05, 0.1) is 6.54 Å². The molecule has 1 aromatic rings. The van der Waals surface area contributed by atoms with Gasteiger partial charge in [0.1, 0.15) is 12.3 Å². The third kappa shape index (κ3) is 2.11. The van der Waals surface area contributed by atoms with Crippen LogP contribution in [-0.2, 0) is 9.53 Å². The Hall–Kier alpha value is -2.10. The topological polar surface area (TPSA) is 46.6 Å². The van der Waals surface area contributed by atoms with Crippen LogP contribution in [0.1, 0.15) is 10.4 Å².